The van der Waals surface area contributed by atoms with Gasteiger partial charge in [0.05, 0.1) is 0 Å². The predicted molar refractivity (Wildman–Crippen MR) is 94.5 cm³/mol. The van der Waals surface area contributed by atoms with Gasteiger partial charge in [-0.2, -0.15) is 0 Å². The van der Waals surface area contributed by atoms with E-state index in [1.165, 1.54) is 33.4 Å². The highest BCUT2D eigenvalue weighted by Crippen LogP contribution is 2.52. The van der Waals surface area contributed by atoms with Gasteiger partial charge in [-0.05, 0) is 39.9 Å². The summed E-state index contributed by atoms with van der Waals surface area (Å²) in [6, 6.07) is 23.4. The summed E-state index contributed by atoms with van der Waals surface area (Å²) in [5, 5.41) is 0.842. The third kappa shape index (κ3) is 1.84. The molecule has 0 bridgehead atoms. The van der Waals surface area contributed by atoms with Crippen LogP contribution in [0.3, 0.4) is 0 Å². The summed E-state index contributed by atoms with van der Waals surface area (Å²) in [6.45, 7) is 4.56. The van der Waals surface area contributed by atoms with Crippen LogP contribution < -0.4 is 0 Å². The van der Waals surface area contributed by atoms with Crippen LogP contribution in [-0.4, -0.2) is 0 Å². The van der Waals surface area contributed by atoms with Gasteiger partial charge in [-0.3, -0.25) is 0 Å². The first-order valence-electron chi connectivity index (χ1n) is 7.58. The van der Waals surface area contributed by atoms with Crippen LogP contribution in [0.15, 0.2) is 66.7 Å². The minimum atomic E-state index is -0.0135. The lowest BCUT2D eigenvalue weighted by Gasteiger charge is -2.22. The maximum atomic E-state index is 6.68. The monoisotopic (exact) mass is 304 g/mol. The smallest absolute Gasteiger partial charge is 0.0493 e. The van der Waals surface area contributed by atoms with Crippen molar-refractivity contribution in [3.05, 3.63) is 82.9 Å². The molecule has 4 rings (SSSR count). The molecule has 0 saturated carbocycles. The molecule has 0 radical (unpaired) electrons. The van der Waals surface area contributed by atoms with Crippen LogP contribution >= 0.6 is 11.6 Å². The van der Waals surface area contributed by atoms with Gasteiger partial charge >= 0.3 is 0 Å². The van der Waals surface area contributed by atoms with E-state index >= 15 is 0 Å². The third-order valence-electron chi connectivity index (χ3n) is 4.74. The van der Waals surface area contributed by atoms with Crippen LogP contribution in [0.2, 0.25) is 5.02 Å². The lowest BCUT2D eigenvalue weighted by atomic mass is 9.81. The minimum Gasteiger partial charge on any atom is -0.0836 e. The van der Waals surface area contributed by atoms with Crippen molar-refractivity contribution in [2.24, 2.45) is 0 Å². The Morgan fingerprint density at radius 3 is 2.18 bits per heavy atom. The van der Waals surface area contributed by atoms with Gasteiger partial charge in [0, 0.05) is 16.0 Å². The lowest BCUT2D eigenvalue weighted by molar-refractivity contribution is 0.660. The van der Waals surface area contributed by atoms with Crippen molar-refractivity contribution in [3.63, 3.8) is 0 Å². The molecule has 0 saturated heterocycles. The fourth-order valence-electron chi connectivity index (χ4n) is 3.56. The summed E-state index contributed by atoms with van der Waals surface area (Å²) in [6.07, 6.45) is 0. The summed E-state index contributed by atoms with van der Waals surface area (Å²) < 4.78 is 0. The zero-order chi connectivity index (χ0) is 15.3. The van der Waals surface area contributed by atoms with E-state index in [2.05, 4.69) is 74.5 Å². The van der Waals surface area contributed by atoms with E-state index in [4.69, 9.17) is 11.6 Å². The van der Waals surface area contributed by atoms with Crippen LogP contribution in [0.4, 0.5) is 0 Å². The van der Waals surface area contributed by atoms with E-state index in [1.807, 2.05) is 6.07 Å². The molecule has 0 nitrogen and oxygen atoms in total. The number of halogens is 1. The Kier molecular flexibility index (Phi) is 2.92. The summed E-state index contributed by atoms with van der Waals surface area (Å²) in [7, 11) is 0. The standard InChI is InChI=1S/C21H17Cl/c1-21(2)17-11-7-6-10-16(17)20-18(21)12-15(13-19(20)22)14-8-4-3-5-9-14/h3-13H,1-2H3. The van der Waals surface area contributed by atoms with Crippen molar-refractivity contribution in [2.45, 2.75) is 19.3 Å². The molecule has 0 fully saturated rings. The maximum absolute atomic E-state index is 6.68. The van der Waals surface area contributed by atoms with Crippen molar-refractivity contribution in [3.8, 4) is 22.3 Å². The Balaban J connectivity index is 2.00. The minimum absolute atomic E-state index is 0.0135. The summed E-state index contributed by atoms with van der Waals surface area (Å²) in [5.74, 6) is 0. The lowest BCUT2D eigenvalue weighted by Crippen LogP contribution is -2.14. The third-order valence-corrected chi connectivity index (χ3v) is 5.04. The van der Waals surface area contributed by atoms with E-state index in [0.717, 1.165) is 5.02 Å². The first kappa shape index (κ1) is 13.6. The van der Waals surface area contributed by atoms with Crippen LogP contribution in [-0.2, 0) is 5.41 Å². The van der Waals surface area contributed by atoms with E-state index in [9.17, 15) is 0 Å². The predicted octanol–water partition coefficient (Wildman–Crippen LogP) is 6.31. The highest BCUT2D eigenvalue weighted by molar-refractivity contribution is 6.34. The zero-order valence-electron chi connectivity index (χ0n) is 12.7. The Morgan fingerprint density at radius 2 is 1.41 bits per heavy atom. The first-order chi connectivity index (χ1) is 10.6. The summed E-state index contributed by atoms with van der Waals surface area (Å²) >= 11 is 6.68. The maximum Gasteiger partial charge on any atom is 0.0493 e. The number of benzene rings is 3. The van der Waals surface area contributed by atoms with Crippen LogP contribution in [0, 0.1) is 0 Å². The van der Waals surface area contributed by atoms with Crippen molar-refractivity contribution in [2.75, 3.05) is 0 Å². The second-order valence-electron chi connectivity index (χ2n) is 6.42. The topological polar surface area (TPSA) is 0 Å². The molecule has 1 aliphatic carbocycles. The molecule has 0 atom stereocenters. The van der Waals surface area contributed by atoms with Crippen molar-refractivity contribution >= 4 is 11.6 Å². The second kappa shape index (κ2) is 4.72. The molecule has 0 unspecified atom stereocenters. The molecule has 0 N–H and O–H groups in total. The molecule has 0 heterocycles. The van der Waals surface area contributed by atoms with Gasteiger partial charge in [0.15, 0.2) is 0 Å². The fourth-order valence-corrected chi connectivity index (χ4v) is 3.88. The molecule has 3 aromatic carbocycles. The quantitative estimate of drug-likeness (QED) is 0.494. The number of fused-ring (bicyclic) bond motifs is 3. The van der Waals surface area contributed by atoms with Gasteiger partial charge < -0.3 is 0 Å². The highest BCUT2D eigenvalue weighted by Gasteiger charge is 2.36. The van der Waals surface area contributed by atoms with E-state index < -0.39 is 0 Å². The average molecular weight is 305 g/mol. The molecule has 108 valence electrons. The van der Waals surface area contributed by atoms with Crippen LogP contribution in [0.5, 0.6) is 0 Å². The Bertz CT molecular complexity index is 860. The molecule has 3 aromatic rings. The number of hydrogen-bond acceptors (Lipinski definition) is 0. The Morgan fingerprint density at radius 1 is 0.727 bits per heavy atom. The largest absolute Gasteiger partial charge is 0.0836 e. The van der Waals surface area contributed by atoms with E-state index in [0.29, 0.717) is 0 Å². The number of hydrogen-bond donors (Lipinski definition) is 0. The van der Waals surface area contributed by atoms with Crippen molar-refractivity contribution in [1.29, 1.82) is 0 Å². The van der Waals surface area contributed by atoms with Gasteiger partial charge in [-0.25, -0.2) is 0 Å². The van der Waals surface area contributed by atoms with E-state index in [1.54, 1.807) is 0 Å². The SMILES string of the molecule is CC1(C)c2ccccc2-c2c(Cl)cc(-c3ccccc3)cc21. The molecule has 1 heteroatoms. The van der Waals surface area contributed by atoms with Crippen molar-refractivity contribution in [1.82, 2.24) is 0 Å². The average Bonchev–Trinajstić information content (AvgIpc) is 2.77. The number of rotatable bonds is 1. The molecule has 22 heavy (non-hydrogen) atoms. The van der Waals surface area contributed by atoms with E-state index in [-0.39, 0.29) is 5.41 Å². The summed E-state index contributed by atoms with van der Waals surface area (Å²) in [4.78, 5) is 0. The second-order valence-corrected chi connectivity index (χ2v) is 6.82. The Labute approximate surface area is 136 Å². The molecular weight excluding hydrogens is 288 g/mol. The summed E-state index contributed by atoms with van der Waals surface area (Å²) in [5.41, 5.74) is 7.52. The normalized spacial score (nSPS) is 14.5. The zero-order valence-corrected chi connectivity index (χ0v) is 13.5. The van der Waals surface area contributed by atoms with Crippen LogP contribution in [0.1, 0.15) is 25.0 Å². The fraction of sp³-hybridized carbons (Fsp3) is 0.143. The Hall–Kier alpha value is -2.05. The van der Waals surface area contributed by atoms with Gasteiger partial charge in [0.25, 0.3) is 0 Å². The van der Waals surface area contributed by atoms with Gasteiger partial charge in [-0.1, -0.05) is 80.0 Å². The highest BCUT2D eigenvalue weighted by atomic mass is 35.5. The molecular formula is C21H17Cl. The van der Waals surface area contributed by atoms with Crippen LogP contribution in [0.25, 0.3) is 22.3 Å². The van der Waals surface area contributed by atoms with Gasteiger partial charge in [0.1, 0.15) is 0 Å². The molecule has 0 aliphatic heterocycles. The van der Waals surface area contributed by atoms with Gasteiger partial charge in [0.2, 0.25) is 0 Å². The first-order valence-corrected chi connectivity index (χ1v) is 7.96. The molecule has 1 aliphatic rings. The molecule has 0 aromatic heterocycles. The van der Waals surface area contributed by atoms with Gasteiger partial charge in [-0.15, -0.1) is 0 Å². The van der Waals surface area contributed by atoms with Crippen molar-refractivity contribution < 1.29 is 0 Å². The molecule has 0 amide bonds. The molecule has 0 spiro atoms.